The standard InChI is InChI=1S/C14H13ClF3N3O3/c1-22-9-6-10(23-2)21-13(20-9)11(15)7-4-3-5-8(12(7)19)24-14(16,17)18/h3-6,11H,19H2,1-2H3. The molecule has 130 valence electrons. The third kappa shape index (κ3) is 4.10. The number of para-hydroxylation sites is 1. The van der Waals surface area contributed by atoms with Crippen molar-refractivity contribution in [2.24, 2.45) is 0 Å². The van der Waals surface area contributed by atoms with Crippen molar-refractivity contribution >= 4 is 17.3 Å². The topological polar surface area (TPSA) is 79.5 Å². The molecule has 24 heavy (non-hydrogen) atoms. The van der Waals surface area contributed by atoms with Crippen LogP contribution in [0.5, 0.6) is 17.5 Å². The van der Waals surface area contributed by atoms with Crippen LogP contribution in [0.15, 0.2) is 24.3 Å². The minimum Gasteiger partial charge on any atom is -0.481 e. The van der Waals surface area contributed by atoms with Gasteiger partial charge in [0, 0.05) is 5.56 Å². The van der Waals surface area contributed by atoms with Gasteiger partial charge in [0.2, 0.25) is 11.8 Å². The van der Waals surface area contributed by atoms with E-state index < -0.39 is 17.5 Å². The van der Waals surface area contributed by atoms with Crippen molar-refractivity contribution in [2.75, 3.05) is 20.0 Å². The fourth-order valence-corrected chi connectivity index (χ4v) is 2.17. The molecule has 1 aromatic carbocycles. The molecular weight excluding hydrogens is 351 g/mol. The molecule has 0 amide bonds. The van der Waals surface area contributed by atoms with Gasteiger partial charge in [0.15, 0.2) is 11.6 Å². The molecule has 2 aromatic rings. The first-order chi connectivity index (χ1) is 11.2. The molecule has 0 bridgehead atoms. The predicted octanol–water partition coefficient (Wildman–Crippen LogP) is 3.30. The molecule has 1 aromatic heterocycles. The van der Waals surface area contributed by atoms with Crippen LogP contribution in [0.4, 0.5) is 18.9 Å². The molecule has 0 aliphatic heterocycles. The van der Waals surface area contributed by atoms with E-state index in [9.17, 15) is 13.2 Å². The van der Waals surface area contributed by atoms with Gasteiger partial charge in [-0.1, -0.05) is 12.1 Å². The molecule has 10 heteroatoms. The van der Waals surface area contributed by atoms with Crippen molar-refractivity contribution in [2.45, 2.75) is 11.7 Å². The Morgan fingerprint density at radius 1 is 1.12 bits per heavy atom. The van der Waals surface area contributed by atoms with E-state index >= 15 is 0 Å². The van der Waals surface area contributed by atoms with Crippen molar-refractivity contribution in [1.29, 1.82) is 0 Å². The Labute approximate surface area is 140 Å². The number of rotatable bonds is 5. The smallest absolute Gasteiger partial charge is 0.481 e. The highest BCUT2D eigenvalue weighted by molar-refractivity contribution is 6.22. The van der Waals surface area contributed by atoms with Gasteiger partial charge in [-0.3, -0.25) is 0 Å². The first kappa shape index (κ1) is 17.9. The zero-order chi connectivity index (χ0) is 17.9. The summed E-state index contributed by atoms with van der Waals surface area (Å²) in [6.07, 6.45) is -4.87. The number of nitrogens with zero attached hydrogens (tertiary/aromatic N) is 2. The van der Waals surface area contributed by atoms with Crippen LogP contribution in [-0.2, 0) is 0 Å². The second-order valence-electron chi connectivity index (χ2n) is 4.48. The Bertz CT molecular complexity index is 706. The lowest BCUT2D eigenvalue weighted by molar-refractivity contribution is -0.274. The number of nitrogen functional groups attached to an aromatic ring is 1. The Kier molecular flexibility index (Phi) is 5.23. The van der Waals surface area contributed by atoms with E-state index in [0.29, 0.717) is 0 Å². The summed E-state index contributed by atoms with van der Waals surface area (Å²) in [5, 5.41) is -1.04. The molecule has 0 saturated carbocycles. The molecule has 1 atom stereocenters. The van der Waals surface area contributed by atoms with Gasteiger partial charge >= 0.3 is 6.36 Å². The molecular formula is C14H13ClF3N3O3. The number of benzene rings is 1. The summed E-state index contributed by atoms with van der Waals surface area (Å²) in [5.74, 6) is -0.128. The third-order valence-electron chi connectivity index (χ3n) is 2.94. The third-order valence-corrected chi connectivity index (χ3v) is 3.37. The van der Waals surface area contributed by atoms with Crippen LogP contribution in [0.25, 0.3) is 0 Å². The monoisotopic (exact) mass is 363 g/mol. The maximum absolute atomic E-state index is 12.4. The average Bonchev–Trinajstić information content (AvgIpc) is 2.54. The quantitative estimate of drug-likeness (QED) is 0.648. The zero-order valence-corrected chi connectivity index (χ0v) is 13.4. The maximum atomic E-state index is 12.4. The number of anilines is 1. The molecule has 0 radical (unpaired) electrons. The lowest BCUT2D eigenvalue weighted by atomic mass is 10.1. The van der Waals surface area contributed by atoms with Crippen molar-refractivity contribution < 1.29 is 27.4 Å². The molecule has 2 rings (SSSR count). The van der Waals surface area contributed by atoms with Crippen molar-refractivity contribution in [3.63, 3.8) is 0 Å². The number of methoxy groups -OCH3 is 2. The number of nitrogens with two attached hydrogens (primary N) is 1. The van der Waals surface area contributed by atoms with E-state index in [2.05, 4.69) is 14.7 Å². The predicted molar refractivity (Wildman–Crippen MR) is 80.4 cm³/mol. The molecule has 0 fully saturated rings. The van der Waals surface area contributed by atoms with E-state index in [1.807, 2.05) is 0 Å². The number of halogens is 4. The van der Waals surface area contributed by atoms with Crippen molar-refractivity contribution in [1.82, 2.24) is 9.97 Å². The SMILES string of the molecule is COc1cc(OC)nc(C(Cl)c2cccc(OC(F)(F)F)c2N)n1. The lowest BCUT2D eigenvalue weighted by Gasteiger charge is -2.16. The Balaban J connectivity index is 2.43. The van der Waals surface area contributed by atoms with Gasteiger partial charge in [0.25, 0.3) is 0 Å². The second-order valence-corrected chi connectivity index (χ2v) is 4.92. The summed E-state index contributed by atoms with van der Waals surface area (Å²) in [6, 6.07) is 5.30. The van der Waals surface area contributed by atoms with Crippen LogP contribution >= 0.6 is 11.6 Å². The maximum Gasteiger partial charge on any atom is 0.573 e. The number of hydrogen-bond acceptors (Lipinski definition) is 6. The summed E-state index contributed by atoms with van der Waals surface area (Å²) < 4.78 is 51.1. The first-order valence-corrected chi connectivity index (χ1v) is 6.94. The zero-order valence-electron chi connectivity index (χ0n) is 12.6. The van der Waals surface area contributed by atoms with Crippen molar-refractivity contribution in [3.8, 4) is 17.5 Å². The summed E-state index contributed by atoms with van der Waals surface area (Å²) in [7, 11) is 2.78. The molecule has 0 spiro atoms. The van der Waals surface area contributed by atoms with Crippen LogP contribution < -0.4 is 19.9 Å². The number of aromatic nitrogens is 2. The number of ether oxygens (including phenoxy) is 3. The summed E-state index contributed by atoms with van der Waals surface area (Å²) >= 11 is 6.29. The normalized spacial score (nSPS) is 12.6. The molecule has 1 heterocycles. The van der Waals surface area contributed by atoms with Crippen LogP contribution in [0, 0.1) is 0 Å². The Morgan fingerprint density at radius 3 is 2.21 bits per heavy atom. The Hall–Kier alpha value is -2.42. The van der Waals surface area contributed by atoms with Crippen LogP contribution in [-0.4, -0.2) is 30.5 Å². The van der Waals surface area contributed by atoms with Gasteiger partial charge in [-0.2, -0.15) is 9.97 Å². The second kappa shape index (κ2) is 7.00. The fourth-order valence-electron chi connectivity index (χ4n) is 1.88. The van der Waals surface area contributed by atoms with Gasteiger partial charge in [-0.25, -0.2) is 0 Å². The molecule has 2 N–H and O–H groups in total. The first-order valence-electron chi connectivity index (χ1n) is 6.50. The summed E-state index contributed by atoms with van der Waals surface area (Å²) in [5.41, 5.74) is 5.64. The van der Waals surface area contributed by atoms with E-state index in [1.54, 1.807) is 0 Å². The molecule has 0 aliphatic rings. The Morgan fingerprint density at radius 2 is 1.71 bits per heavy atom. The highest BCUT2D eigenvalue weighted by Crippen LogP contribution is 2.38. The number of hydrogen-bond donors (Lipinski definition) is 1. The molecule has 0 saturated heterocycles. The van der Waals surface area contributed by atoms with Gasteiger partial charge in [0.1, 0.15) is 5.38 Å². The van der Waals surface area contributed by atoms with Gasteiger partial charge in [0.05, 0.1) is 26.0 Å². The molecule has 1 unspecified atom stereocenters. The van der Waals surface area contributed by atoms with E-state index in [1.165, 1.54) is 32.4 Å². The highest BCUT2D eigenvalue weighted by atomic mass is 35.5. The highest BCUT2D eigenvalue weighted by Gasteiger charge is 2.33. The van der Waals surface area contributed by atoms with Crippen LogP contribution in [0.3, 0.4) is 0 Å². The van der Waals surface area contributed by atoms with Crippen LogP contribution in [0.2, 0.25) is 0 Å². The molecule has 6 nitrogen and oxygen atoms in total. The lowest BCUT2D eigenvalue weighted by Crippen LogP contribution is -2.18. The van der Waals surface area contributed by atoms with Crippen molar-refractivity contribution in [3.05, 3.63) is 35.7 Å². The largest absolute Gasteiger partial charge is 0.573 e. The van der Waals surface area contributed by atoms with E-state index in [4.69, 9.17) is 26.8 Å². The van der Waals surface area contributed by atoms with E-state index in [-0.39, 0.29) is 28.8 Å². The minimum atomic E-state index is -4.87. The van der Waals surface area contributed by atoms with Gasteiger partial charge in [-0.05, 0) is 6.07 Å². The number of alkyl halides is 4. The average molecular weight is 364 g/mol. The van der Waals surface area contributed by atoms with E-state index in [0.717, 1.165) is 6.07 Å². The summed E-state index contributed by atoms with van der Waals surface area (Å²) in [6.45, 7) is 0. The summed E-state index contributed by atoms with van der Waals surface area (Å²) in [4.78, 5) is 8.12. The van der Waals surface area contributed by atoms with Gasteiger partial charge < -0.3 is 19.9 Å². The van der Waals surface area contributed by atoms with Gasteiger partial charge in [-0.15, -0.1) is 24.8 Å². The molecule has 0 aliphatic carbocycles. The van der Waals surface area contributed by atoms with Crippen LogP contribution in [0.1, 0.15) is 16.8 Å². The fraction of sp³-hybridized carbons (Fsp3) is 0.286. The minimum absolute atomic E-state index is 0.0590.